The number of hydrogen-bond acceptors (Lipinski definition) is 4. The molecule has 1 saturated heterocycles. The van der Waals surface area contributed by atoms with E-state index in [1.165, 1.54) is 23.6 Å². The van der Waals surface area contributed by atoms with Gasteiger partial charge in [-0.1, -0.05) is 24.3 Å². The number of likely N-dealkylation sites (tertiary alicyclic amines) is 1. The molecule has 0 saturated carbocycles. The molecule has 1 aromatic carbocycles. The summed E-state index contributed by atoms with van der Waals surface area (Å²) in [4.78, 5) is 23.9. The van der Waals surface area contributed by atoms with Crippen molar-refractivity contribution in [2.75, 3.05) is 19.6 Å². The van der Waals surface area contributed by atoms with Gasteiger partial charge in [-0.3, -0.25) is 4.79 Å². The molecule has 1 aromatic rings. The second-order valence-electron chi connectivity index (χ2n) is 5.16. The topological polar surface area (TPSA) is 86.0 Å². The fourth-order valence-electron chi connectivity index (χ4n) is 2.46. The van der Waals surface area contributed by atoms with Crippen molar-refractivity contribution < 1.29 is 19.6 Å². The third-order valence-corrected chi connectivity index (χ3v) is 3.54. The number of carboxylic acid groups (broad SMARTS) is 1. The van der Waals surface area contributed by atoms with Crippen LogP contribution in [0, 0.1) is 0 Å². The van der Waals surface area contributed by atoms with Gasteiger partial charge in [0.25, 0.3) is 5.91 Å². The Bertz CT molecular complexity index is 537. The number of carboxylic acids is 1. The van der Waals surface area contributed by atoms with Gasteiger partial charge < -0.3 is 14.8 Å². The molecule has 0 spiro atoms. The summed E-state index contributed by atoms with van der Waals surface area (Å²) >= 11 is 0. The monoisotopic (exact) mass is 289 g/mol. The highest BCUT2D eigenvalue weighted by atomic mass is 16.4. The third kappa shape index (κ3) is 4.68. The van der Waals surface area contributed by atoms with Gasteiger partial charge in [-0.05, 0) is 19.3 Å². The lowest BCUT2D eigenvalue weighted by Gasteiger charge is -2.22. The number of piperidine rings is 1. The number of rotatable bonds is 5. The van der Waals surface area contributed by atoms with Gasteiger partial charge in [-0.2, -0.15) is 5.10 Å². The van der Waals surface area contributed by atoms with Gasteiger partial charge in [0.2, 0.25) is 0 Å². The molecule has 0 atom stereocenters. The minimum Gasteiger partial charge on any atom is -0.545 e. The zero-order valence-electron chi connectivity index (χ0n) is 11.8. The van der Waals surface area contributed by atoms with E-state index < -0.39 is 5.97 Å². The minimum atomic E-state index is -1.26. The van der Waals surface area contributed by atoms with Crippen molar-refractivity contribution in [1.29, 1.82) is 0 Å². The van der Waals surface area contributed by atoms with E-state index in [1.54, 1.807) is 18.2 Å². The van der Waals surface area contributed by atoms with E-state index in [4.69, 9.17) is 0 Å². The largest absolute Gasteiger partial charge is 0.545 e. The molecule has 112 valence electrons. The average molecular weight is 289 g/mol. The smallest absolute Gasteiger partial charge is 0.295 e. The highest BCUT2D eigenvalue weighted by Gasteiger charge is 2.16. The fraction of sp³-hybridized carbons (Fsp3) is 0.400. The fourth-order valence-corrected chi connectivity index (χ4v) is 2.46. The second-order valence-corrected chi connectivity index (χ2v) is 5.16. The molecule has 0 radical (unpaired) electrons. The first-order chi connectivity index (χ1) is 10.2. The summed E-state index contributed by atoms with van der Waals surface area (Å²) in [6, 6.07) is 6.36. The maximum Gasteiger partial charge on any atom is 0.295 e. The van der Waals surface area contributed by atoms with Crippen LogP contribution in [0.2, 0.25) is 0 Å². The molecule has 0 bridgehead atoms. The number of nitrogens with zero attached hydrogens (tertiary/aromatic N) is 1. The van der Waals surface area contributed by atoms with Gasteiger partial charge in [0.15, 0.2) is 6.54 Å². The Balaban J connectivity index is 1.87. The quantitative estimate of drug-likeness (QED) is 0.515. The Morgan fingerprint density at radius 3 is 2.67 bits per heavy atom. The van der Waals surface area contributed by atoms with Crippen LogP contribution in [0.25, 0.3) is 0 Å². The first kappa shape index (κ1) is 15.2. The van der Waals surface area contributed by atoms with E-state index in [9.17, 15) is 14.7 Å². The van der Waals surface area contributed by atoms with Crippen molar-refractivity contribution in [2.45, 2.75) is 19.3 Å². The first-order valence-electron chi connectivity index (χ1n) is 7.12. The molecule has 2 rings (SSSR count). The molecular formula is C15H19N3O3. The van der Waals surface area contributed by atoms with E-state index in [0.717, 1.165) is 25.9 Å². The summed E-state index contributed by atoms with van der Waals surface area (Å²) in [5.74, 6) is -1.42. The molecule has 0 unspecified atom stereocenters. The van der Waals surface area contributed by atoms with Gasteiger partial charge in [-0.25, -0.2) is 5.43 Å². The summed E-state index contributed by atoms with van der Waals surface area (Å²) in [5.41, 5.74) is 2.90. The summed E-state index contributed by atoms with van der Waals surface area (Å²) < 4.78 is 0. The van der Waals surface area contributed by atoms with Crippen LogP contribution in [0.5, 0.6) is 0 Å². The van der Waals surface area contributed by atoms with Crippen molar-refractivity contribution >= 4 is 18.1 Å². The normalized spacial score (nSPS) is 16.0. The number of benzene rings is 1. The van der Waals surface area contributed by atoms with Crippen molar-refractivity contribution in [3.63, 3.8) is 0 Å². The number of amides is 1. The molecule has 1 heterocycles. The van der Waals surface area contributed by atoms with Gasteiger partial charge in [0, 0.05) is 11.1 Å². The van der Waals surface area contributed by atoms with Gasteiger partial charge in [0.1, 0.15) is 0 Å². The summed E-state index contributed by atoms with van der Waals surface area (Å²) in [7, 11) is 0. The zero-order valence-corrected chi connectivity index (χ0v) is 11.8. The van der Waals surface area contributed by atoms with E-state index in [-0.39, 0.29) is 11.5 Å². The Morgan fingerprint density at radius 2 is 1.95 bits per heavy atom. The molecule has 1 fully saturated rings. The molecule has 6 heteroatoms. The Kier molecular flexibility index (Phi) is 5.45. The third-order valence-electron chi connectivity index (χ3n) is 3.54. The van der Waals surface area contributed by atoms with E-state index in [2.05, 4.69) is 10.5 Å². The predicted molar refractivity (Wildman–Crippen MR) is 75.9 cm³/mol. The number of aromatic carboxylic acids is 1. The molecule has 6 nitrogen and oxygen atoms in total. The number of carbonyl (C=O) groups excluding carboxylic acids is 2. The van der Waals surface area contributed by atoms with Crippen molar-refractivity contribution in [1.82, 2.24) is 5.43 Å². The number of carbonyl (C=O) groups is 2. The first-order valence-corrected chi connectivity index (χ1v) is 7.12. The molecule has 21 heavy (non-hydrogen) atoms. The number of hydrazone groups is 1. The summed E-state index contributed by atoms with van der Waals surface area (Å²) in [5, 5.41) is 14.7. The number of hydrogen-bond donors (Lipinski definition) is 2. The average Bonchev–Trinajstić information content (AvgIpc) is 2.48. The molecule has 0 aliphatic carbocycles. The van der Waals surface area contributed by atoms with Crippen LogP contribution in [0.1, 0.15) is 35.2 Å². The Hall–Kier alpha value is -2.21. The van der Waals surface area contributed by atoms with Crippen molar-refractivity contribution in [2.24, 2.45) is 5.10 Å². The van der Waals surface area contributed by atoms with Crippen molar-refractivity contribution in [3.8, 4) is 0 Å². The van der Waals surface area contributed by atoms with Gasteiger partial charge >= 0.3 is 0 Å². The van der Waals surface area contributed by atoms with Crippen molar-refractivity contribution in [3.05, 3.63) is 35.4 Å². The second kappa shape index (κ2) is 7.54. The number of nitrogens with one attached hydrogen (secondary N) is 2. The maximum absolute atomic E-state index is 11.7. The van der Waals surface area contributed by atoms with Crippen LogP contribution in [0.15, 0.2) is 29.4 Å². The Morgan fingerprint density at radius 1 is 1.24 bits per heavy atom. The van der Waals surface area contributed by atoms with E-state index >= 15 is 0 Å². The van der Waals surface area contributed by atoms with Gasteiger partial charge in [0.05, 0.1) is 25.3 Å². The maximum atomic E-state index is 11.7. The molecule has 1 aliphatic rings. The van der Waals surface area contributed by atoms with Crippen LogP contribution < -0.4 is 15.4 Å². The zero-order chi connectivity index (χ0) is 15.1. The summed E-state index contributed by atoms with van der Waals surface area (Å²) in [6.45, 7) is 2.44. The molecule has 1 amide bonds. The van der Waals surface area contributed by atoms with Crippen LogP contribution in [0.4, 0.5) is 0 Å². The van der Waals surface area contributed by atoms with Crippen LogP contribution >= 0.6 is 0 Å². The van der Waals surface area contributed by atoms with Crippen LogP contribution in [-0.4, -0.2) is 37.7 Å². The minimum absolute atomic E-state index is 0.0529. The highest BCUT2D eigenvalue weighted by Crippen LogP contribution is 2.04. The van der Waals surface area contributed by atoms with Crippen LogP contribution in [-0.2, 0) is 4.79 Å². The molecular weight excluding hydrogens is 270 g/mol. The lowest BCUT2D eigenvalue weighted by Crippen LogP contribution is -3.13. The molecule has 1 aliphatic heterocycles. The Labute approximate surface area is 123 Å². The highest BCUT2D eigenvalue weighted by molar-refractivity contribution is 5.97. The number of quaternary nitrogens is 1. The predicted octanol–water partition coefficient (Wildman–Crippen LogP) is -1.43. The lowest BCUT2D eigenvalue weighted by molar-refractivity contribution is -0.896. The lowest BCUT2D eigenvalue weighted by atomic mass is 10.1. The summed E-state index contributed by atoms with van der Waals surface area (Å²) in [6.07, 6.45) is 4.88. The standard InChI is InChI=1S/C15H19N3O3/c19-14(11-18-8-4-1-5-9-18)17-16-10-12-6-2-3-7-13(12)15(20)21/h2-3,6-7,10H,1,4-5,8-9,11H2,(H,17,19)(H,20,21)/b16-10+. The van der Waals surface area contributed by atoms with E-state index in [1.807, 2.05) is 0 Å². The van der Waals surface area contributed by atoms with Crippen LogP contribution in [0.3, 0.4) is 0 Å². The van der Waals surface area contributed by atoms with E-state index in [0.29, 0.717) is 12.1 Å². The van der Waals surface area contributed by atoms with Gasteiger partial charge in [-0.15, -0.1) is 0 Å². The SMILES string of the molecule is O=C(C[NH+]1CCCCC1)N/N=C/c1ccccc1C(=O)[O-]. The molecule has 2 N–H and O–H groups in total. The molecule has 0 aromatic heterocycles.